The summed E-state index contributed by atoms with van der Waals surface area (Å²) in [7, 11) is 0. The molecule has 122 valence electrons. The van der Waals surface area contributed by atoms with Gasteiger partial charge in [-0.25, -0.2) is 13.8 Å². The van der Waals surface area contributed by atoms with E-state index in [2.05, 4.69) is 9.97 Å². The van der Waals surface area contributed by atoms with E-state index in [1.807, 2.05) is 0 Å². The van der Waals surface area contributed by atoms with Crippen LogP contribution in [0.2, 0.25) is 0 Å². The van der Waals surface area contributed by atoms with E-state index in [1.165, 1.54) is 18.3 Å². The quantitative estimate of drug-likeness (QED) is 0.572. The van der Waals surface area contributed by atoms with E-state index in [0.717, 1.165) is 0 Å². The summed E-state index contributed by atoms with van der Waals surface area (Å²) in [6.45, 7) is 0. The van der Waals surface area contributed by atoms with E-state index < -0.39 is 11.6 Å². The molecule has 5 heteroatoms. The zero-order valence-electron chi connectivity index (χ0n) is 13.1. The summed E-state index contributed by atoms with van der Waals surface area (Å²) < 4.78 is 29.6. The van der Waals surface area contributed by atoms with Gasteiger partial charge >= 0.3 is 0 Å². The molecule has 2 heterocycles. The Balaban J connectivity index is 2.11. The van der Waals surface area contributed by atoms with Crippen molar-refractivity contribution < 1.29 is 8.78 Å². The van der Waals surface area contributed by atoms with Crippen molar-refractivity contribution in [1.29, 1.82) is 0 Å². The molecule has 0 unspecified atom stereocenters. The van der Waals surface area contributed by atoms with Gasteiger partial charge in [0.2, 0.25) is 0 Å². The maximum absolute atomic E-state index is 15.4. The average Bonchev–Trinajstić information content (AvgIpc) is 2.62. The number of para-hydroxylation sites is 1. The highest BCUT2D eigenvalue weighted by Crippen LogP contribution is 2.35. The second-order valence-corrected chi connectivity index (χ2v) is 5.62. The molecule has 4 rings (SSSR count). The van der Waals surface area contributed by atoms with Crippen molar-refractivity contribution in [1.82, 2.24) is 9.97 Å². The van der Waals surface area contributed by atoms with Gasteiger partial charge in [0.05, 0.1) is 11.2 Å². The fourth-order valence-corrected chi connectivity index (χ4v) is 2.85. The highest BCUT2D eigenvalue weighted by atomic mass is 19.1. The maximum Gasteiger partial charge on any atom is 0.159 e. The summed E-state index contributed by atoms with van der Waals surface area (Å²) in [4.78, 5) is 8.58. The molecule has 0 fully saturated rings. The molecule has 2 N–H and O–H groups in total. The molecule has 2 aromatic carbocycles. The van der Waals surface area contributed by atoms with Crippen LogP contribution in [-0.2, 0) is 0 Å². The lowest BCUT2D eigenvalue weighted by Crippen LogP contribution is -1.99. The van der Waals surface area contributed by atoms with Gasteiger partial charge in [-0.15, -0.1) is 0 Å². The highest BCUT2D eigenvalue weighted by Gasteiger charge is 2.20. The summed E-state index contributed by atoms with van der Waals surface area (Å²) in [6.07, 6.45) is 1.52. The number of nitrogens with two attached hydrogens (primary N) is 1. The normalized spacial score (nSPS) is 11.0. The topological polar surface area (TPSA) is 51.8 Å². The minimum atomic E-state index is -0.623. The van der Waals surface area contributed by atoms with Crippen LogP contribution in [0.4, 0.5) is 14.5 Å². The van der Waals surface area contributed by atoms with Crippen LogP contribution in [0.5, 0.6) is 0 Å². The van der Waals surface area contributed by atoms with Crippen molar-refractivity contribution in [3.8, 4) is 22.5 Å². The van der Waals surface area contributed by atoms with Gasteiger partial charge in [-0.3, -0.25) is 4.98 Å². The number of halogens is 2. The number of rotatable bonds is 2. The first-order valence-electron chi connectivity index (χ1n) is 7.70. The Bertz CT molecular complexity index is 1090. The van der Waals surface area contributed by atoms with Crippen LogP contribution < -0.4 is 5.73 Å². The minimum Gasteiger partial charge on any atom is -0.399 e. The summed E-state index contributed by atoms with van der Waals surface area (Å²) >= 11 is 0. The summed E-state index contributed by atoms with van der Waals surface area (Å²) in [5.74, 6) is -1.16. The van der Waals surface area contributed by atoms with Crippen molar-refractivity contribution in [3.63, 3.8) is 0 Å². The Hall–Kier alpha value is -3.34. The standard InChI is InChI=1S/C20H13F2N3/c21-15-7-3-1-5-13(15)20-19(22)18(17-11-12(23)9-10-24-17)14-6-2-4-8-16(14)25-20/h1-11H,(H2,23,24). The van der Waals surface area contributed by atoms with E-state index in [-0.39, 0.29) is 16.8 Å². The number of nitrogens with zero attached hydrogens (tertiary/aromatic N) is 2. The largest absolute Gasteiger partial charge is 0.399 e. The van der Waals surface area contributed by atoms with Crippen molar-refractivity contribution >= 4 is 16.6 Å². The number of aromatic nitrogens is 2. The number of pyridine rings is 2. The first kappa shape index (κ1) is 15.2. The van der Waals surface area contributed by atoms with Gasteiger partial charge in [0.25, 0.3) is 0 Å². The monoisotopic (exact) mass is 333 g/mol. The summed E-state index contributed by atoms with van der Waals surface area (Å²) in [5.41, 5.74) is 7.56. The van der Waals surface area contributed by atoms with Crippen LogP contribution in [-0.4, -0.2) is 9.97 Å². The molecule has 0 atom stereocenters. The number of nitrogen functional groups attached to an aromatic ring is 1. The molecule has 0 aliphatic rings. The van der Waals surface area contributed by atoms with E-state index in [9.17, 15) is 4.39 Å². The van der Waals surface area contributed by atoms with Crippen molar-refractivity contribution in [2.75, 3.05) is 5.73 Å². The van der Waals surface area contributed by atoms with Gasteiger partial charge in [-0.2, -0.15) is 0 Å². The van der Waals surface area contributed by atoms with Crippen molar-refractivity contribution in [3.05, 3.63) is 78.5 Å². The van der Waals surface area contributed by atoms with E-state index in [4.69, 9.17) is 5.73 Å². The smallest absolute Gasteiger partial charge is 0.159 e. The lowest BCUT2D eigenvalue weighted by Gasteiger charge is -2.12. The number of hydrogen-bond donors (Lipinski definition) is 1. The molecule has 3 nitrogen and oxygen atoms in total. The molecular formula is C20H13F2N3. The third-order valence-electron chi connectivity index (χ3n) is 4.00. The Kier molecular flexibility index (Phi) is 3.61. The molecule has 0 amide bonds. The fraction of sp³-hybridized carbons (Fsp3) is 0. The Morgan fingerprint density at radius 1 is 0.880 bits per heavy atom. The molecule has 0 saturated heterocycles. The fourth-order valence-electron chi connectivity index (χ4n) is 2.85. The zero-order chi connectivity index (χ0) is 17.4. The minimum absolute atomic E-state index is 0.0453. The average molecular weight is 333 g/mol. The van der Waals surface area contributed by atoms with Crippen LogP contribution in [0, 0.1) is 11.6 Å². The summed E-state index contributed by atoms with van der Waals surface area (Å²) in [6, 6.07) is 16.3. The van der Waals surface area contributed by atoms with Gasteiger partial charge in [-0.05, 0) is 30.3 Å². The Morgan fingerprint density at radius 3 is 2.44 bits per heavy atom. The molecule has 0 bridgehead atoms. The van der Waals surface area contributed by atoms with E-state index in [1.54, 1.807) is 48.5 Å². The van der Waals surface area contributed by atoms with Gasteiger partial charge in [0.1, 0.15) is 11.5 Å². The molecular weight excluding hydrogens is 320 g/mol. The predicted octanol–water partition coefficient (Wildman–Crippen LogP) is 4.82. The molecule has 0 radical (unpaired) electrons. The second-order valence-electron chi connectivity index (χ2n) is 5.62. The Labute approximate surface area is 142 Å². The van der Waals surface area contributed by atoms with Crippen molar-refractivity contribution in [2.45, 2.75) is 0 Å². The first-order chi connectivity index (χ1) is 12.1. The number of benzene rings is 2. The van der Waals surface area contributed by atoms with Crippen LogP contribution in [0.3, 0.4) is 0 Å². The van der Waals surface area contributed by atoms with Crippen LogP contribution in [0.1, 0.15) is 0 Å². The van der Waals surface area contributed by atoms with Crippen LogP contribution >= 0.6 is 0 Å². The molecule has 2 aromatic heterocycles. The summed E-state index contributed by atoms with van der Waals surface area (Å²) in [5, 5.41) is 0.596. The third-order valence-corrected chi connectivity index (χ3v) is 4.00. The highest BCUT2D eigenvalue weighted by molar-refractivity contribution is 5.96. The van der Waals surface area contributed by atoms with Gasteiger partial charge in [0, 0.05) is 28.4 Å². The van der Waals surface area contributed by atoms with Crippen LogP contribution in [0.15, 0.2) is 66.9 Å². The SMILES string of the molecule is Nc1ccnc(-c2c(F)c(-c3ccccc3F)nc3ccccc23)c1. The van der Waals surface area contributed by atoms with Gasteiger partial charge < -0.3 is 5.73 Å². The number of hydrogen-bond acceptors (Lipinski definition) is 3. The lowest BCUT2D eigenvalue weighted by atomic mass is 10.00. The van der Waals surface area contributed by atoms with Crippen LogP contribution in [0.25, 0.3) is 33.4 Å². The zero-order valence-corrected chi connectivity index (χ0v) is 13.1. The Morgan fingerprint density at radius 2 is 1.64 bits per heavy atom. The molecule has 0 spiro atoms. The molecule has 4 aromatic rings. The van der Waals surface area contributed by atoms with Gasteiger partial charge in [0.15, 0.2) is 5.82 Å². The maximum atomic E-state index is 15.4. The van der Waals surface area contributed by atoms with Gasteiger partial charge in [-0.1, -0.05) is 30.3 Å². The first-order valence-corrected chi connectivity index (χ1v) is 7.70. The predicted molar refractivity (Wildman–Crippen MR) is 94.7 cm³/mol. The van der Waals surface area contributed by atoms with E-state index >= 15 is 4.39 Å². The number of anilines is 1. The van der Waals surface area contributed by atoms with Crippen molar-refractivity contribution in [2.24, 2.45) is 0 Å². The number of fused-ring (bicyclic) bond motifs is 1. The molecule has 0 saturated carbocycles. The van der Waals surface area contributed by atoms with E-state index in [0.29, 0.717) is 22.3 Å². The molecule has 25 heavy (non-hydrogen) atoms. The molecule has 0 aliphatic carbocycles. The third kappa shape index (κ3) is 2.59. The second kappa shape index (κ2) is 5.94. The lowest BCUT2D eigenvalue weighted by molar-refractivity contribution is 0.615. The molecule has 0 aliphatic heterocycles.